The number of aliphatic carboxylic acids is 3. The van der Waals surface area contributed by atoms with Gasteiger partial charge < -0.3 is 56.1 Å². The maximum atomic E-state index is 12.2. The Morgan fingerprint density at radius 3 is 1.44 bits per heavy atom. The first-order chi connectivity index (χ1) is 25.0. The molecule has 2 atom stereocenters. The molecule has 18 heteroatoms. The van der Waals surface area contributed by atoms with Gasteiger partial charge in [0.15, 0.2) is 0 Å². The minimum Gasteiger partial charge on any atom is -0.481 e. The van der Waals surface area contributed by atoms with Crippen LogP contribution in [0.4, 0.5) is 0 Å². The Labute approximate surface area is 305 Å². The zero-order chi connectivity index (χ0) is 38.8. The van der Waals surface area contributed by atoms with Gasteiger partial charge in [-0.3, -0.25) is 28.8 Å². The maximum Gasteiger partial charge on any atom is 0.326 e. The molecule has 18 nitrogen and oxygen atoms in total. The average Bonchev–Trinajstić information content (AvgIpc) is 3.09. The van der Waals surface area contributed by atoms with E-state index in [1.807, 2.05) is 0 Å². The fourth-order valence-corrected chi connectivity index (χ4v) is 4.65. The number of unbranched alkanes of at least 4 members (excludes halogenated alkanes) is 4. The van der Waals surface area contributed by atoms with Crippen molar-refractivity contribution in [3.63, 3.8) is 0 Å². The lowest BCUT2D eigenvalue weighted by atomic mass is 10.1. The van der Waals surface area contributed by atoms with E-state index in [-0.39, 0.29) is 49.8 Å². The van der Waals surface area contributed by atoms with Crippen LogP contribution in [-0.2, 0) is 47.8 Å². The van der Waals surface area contributed by atoms with Gasteiger partial charge in [0, 0.05) is 65.0 Å². The van der Waals surface area contributed by atoms with Crippen molar-refractivity contribution in [2.45, 2.75) is 108 Å². The maximum absolute atomic E-state index is 12.2. The molecule has 0 aromatic rings. The van der Waals surface area contributed by atoms with E-state index in [2.05, 4.69) is 26.6 Å². The molecule has 0 spiro atoms. The van der Waals surface area contributed by atoms with Crippen LogP contribution in [0.25, 0.3) is 0 Å². The van der Waals surface area contributed by atoms with Crippen molar-refractivity contribution in [3.8, 4) is 0 Å². The minimum absolute atomic E-state index is 0.0143. The monoisotopic (exact) mass is 747 g/mol. The van der Waals surface area contributed by atoms with Crippen LogP contribution in [-0.4, -0.2) is 135 Å². The normalized spacial score (nSPS) is 12.0. The Hall–Kier alpha value is -3.87. The number of hydrogen-bond donors (Lipinski definition) is 8. The highest BCUT2D eigenvalue weighted by Crippen LogP contribution is 2.06. The van der Waals surface area contributed by atoms with Crippen molar-refractivity contribution in [3.05, 3.63) is 0 Å². The quantitative estimate of drug-likeness (QED) is 0.0407. The van der Waals surface area contributed by atoms with Crippen LogP contribution in [0.3, 0.4) is 0 Å². The molecular formula is C34H61N5O13. The van der Waals surface area contributed by atoms with Gasteiger partial charge in [-0.25, -0.2) is 4.79 Å². The Morgan fingerprint density at radius 1 is 0.462 bits per heavy atom. The molecule has 0 radical (unpaired) electrons. The number of nitrogens with one attached hydrogen (secondary N) is 5. The van der Waals surface area contributed by atoms with Crippen LogP contribution >= 0.6 is 0 Å². The first-order valence-electron chi connectivity index (χ1n) is 18.1. The molecular weight excluding hydrogens is 686 g/mol. The highest BCUT2D eigenvalue weighted by molar-refractivity contribution is 5.87. The number of carboxylic acids is 3. The number of carboxylic acid groups (broad SMARTS) is 3. The Kier molecular flexibility index (Phi) is 30.5. The zero-order valence-electron chi connectivity index (χ0n) is 30.5. The van der Waals surface area contributed by atoms with E-state index in [9.17, 15) is 38.7 Å². The molecule has 0 fully saturated rings. The topological polar surface area (TPSA) is 268 Å². The van der Waals surface area contributed by atoms with Crippen LogP contribution < -0.4 is 26.6 Å². The van der Waals surface area contributed by atoms with E-state index in [1.165, 1.54) is 0 Å². The van der Waals surface area contributed by atoms with Gasteiger partial charge in [-0.15, -0.1) is 0 Å². The van der Waals surface area contributed by atoms with Crippen LogP contribution in [0.15, 0.2) is 0 Å². The van der Waals surface area contributed by atoms with Gasteiger partial charge in [0.2, 0.25) is 23.6 Å². The van der Waals surface area contributed by atoms with Gasteiger partial charge in [-0.1, -0.05) is 12.8 Å². The van der Waals surface area contributed by atoms with Gasteiger partial charge in [-0.2, -0.15) is 0 Å². The van der Waals surface area contributed by atoms with E-state index in [1.54, 1.807) is 7.05 Å². The van der Waals surface area contributed by atoms with Crippen LogP contribution in [0.5, 0.6) is 0 Å². The molecule has 4 amide bonds. The summed E-state index contributed by atoms with van der Waals surface area (Å²) in [5.74, 6) is -4.40. The average molecular weight is 748 g/mol. The van der Waals surface area contributed by atoms with E-state index < -0.39 is 35.9 Å². The fourth-order valence-electron chi connectivity index (χ4n) is 4.65. The SMILES string of the molecule is CN[C@@H](CCCCNC(=O)CC[C@H](NC(=O)CCC(=O)NCCCOCCOCCOCCCNC(=O)CCCCCCC(=O)O)C(=O)O)C(=O)O. The van der Waals surface area contributed by atoms with Crippen molar-refractivity contribution in [2.24, 2.45) is 0 Å². The lowest BCUT2D eigenvalue weighted by Gasteiger charge is -2.15. The van der Waals surface area contributed by atoms with E-state index in [4.69, 9.17) is 24.4 Å². The zero-order valence-corrected chi connectivity index (χ0v) is 30.5. The molecule has 0 rings (SSSR count). The van der Waals surface area contributed by atoms with E-state index in [0.29, 0.717) is 104 Å². The predicted octanol–water partition coefficient (Wildman–Crippen LogP) is 0.563. The van der Waals surface area contributed by atoms with Gasteiger partial charge >= 0.3 is 17.9 Å². The molecule has 0 heterocycles. The molecule has 0 saturated carbocycles. The van der Waals surface area contributed by atoms with Crippen molar-refractivity contribution in [1.29, 1.82) is 0 Å². The third-order valence-electron chi connectivity index (χ3n) is 7.62. The number of carbonyl (C=O) groups is 7. The van der Waals surface area contributed by atoms with Gasteiger partial charge in [-0.05, 0) is 58.4 Å². The summed E-state index contributed by atoms with van der Waals surface area (Å²) in [5.41, 5.74) is 0. The number of carbonyl (C=O) groups excluding carboxylic acids is 4. The molecule has 0 saturated heterocycles. The highest BCUT2D eigenvalue weighted by Gasteiger charge is 2.21. The summed E-state index contributed by atoms with van der Waals surface area (Å²) in [7, 11) is 1.56. The molecule has 8 N–H and O–H groups in total. The smallest absolute Gasteiger partial charge is 0.326 e. The molecule has 0 aliphatic rings. The van der Waals surface area contributed by atoms with E-state index in [0.717, 1.165) is 19.3 Å². The van der Waals surface area contributed by atoms with Crippen molar-refractivity contribution >= 4 is 41.5 Å². The van der Waals surface area contributed by atoms with Gasteiger partial charge in [0.1, 0.15) is 12.1 Å². The third kappa shape index (κ3) is 30.9. The largest absolute Gasteiger partial charge is 0.481 e. The Morgan fingerprint density at radius 2 is 0.923 bits per heavy atom. The molecule has 0 bridgehead atoms. The van der Waals surface area contributed by atoms with Crippen LogP contribution in [0, 0.1) is 0 Å². The summed E-state index contributed by atoms with van der Waals surface area (Å²) in [6.45, 7) is 3.65. The number of hydrogen-bond acceptors (Lipinski definition) is 11. The van der Waals surface area contributed by atoms with Gasteiger partial charge in [0.05, 0.1) is 26.4 Å². The van der Waals surface area contributed by atoms with Crippen molar-refractivity contribution in [2.75, 3.05) is 66.3 Å². The fraction of sp³-hybridized carbons (Fsp3) is 0.794. The second-order valence-electron chi connectivity index (χ2n) is 12.1. The minimum atomic E-state index is -1.29. The molecule has 0 aliphatic heterocycles. The number of rotatable bonds is 36. The van der Waals surface area contributed by atoms with E-state index >= 15 is 0 Å². The Balaban J connectivity index is 3.70. The third-order valence-corrected chi connectivity index (χ3v) is 7.62. The summed E-state index contributed by atoms with van der Waals surface area (Å²) >= 11 is 0. The van der Waals surface area contributed by atoms with Crippen molar-refractivity contribution < 1.29 is 63.1 Å². The van der Waals surface area contributed by atoms with Crippen molar-refractivity contribution in [1.82, 2.24) is 26.6 Å². The Bertz CT molecular complexity index is 1050. The van der Waals surface area contributed by atoms with Crippen LogP contribution in [0.1, 0.15) is 96.3 Å². The summed E-state index contributed by atoms with van der Waals surface area (Å²) in [5, 5.41) is 40.2. The summed E-state index contributed by atoms with van der Waals surface area (Å²) < 4.78 is 16.4. The number of amides is 4. The first-order valence-corrected chi connectivity index (χ1v) is 18.1. The molecule has 300 valence electrons. The first kappa shape index (κ1) is 48.1. The molecule has 0 unspecified atom stereocenters. The second kappa shape index (κ2) is 33.0. The lowest BCUT2D eigenvalue weighted by Crippen LogP contribution is -2.42. The van der Waals surface area contributed by atoms with Crippen LogP contribution in [0.2, 0.25) is 0 Å². The summed E-state index contributed by atoms with van der Waals surface area (Å²) in [6, 6.07) is -1.93. The predicted molar refractivity (Wildman–Crippen MR) is 188 cm³/mol. The standard InChI is InChI=1S/C34H61N5O13/c1-35-26(33(46)47)10-6-7-17-36-29(41)14-13-27(34(48)49)39-31(43)16-15-30(42)38-19-9-21-51-23-25-52-24-22-50-20-8-18-37-28(40)11-4-2-3-5-12-32(44)45/h26-27,35H,2-25H2,1H3,(H,36,41)(H,37,40)(H,38,42)(H,39,43)(H,44,45)(H,46,47)(H,48,49)/t26-,27-/m0/s1. The number of likely N-dealkylation sites (N-methyl/N-ethyl adjacent to an activating group) is 1. The van der Waals surface area contributed by atoms with Gasteiger partial charge in [0.25, 0.3) is 0 Å². The highest BCUT2D eigenvalue weighted by atomic mass is 16.5. The summed E-state index contributed by atoms with van der Waals surface area (Å²) in [4.78, 5) is 81.0. The molecule has 0 aromatic heterocycles. The molecule has 0 aliphatic carbocycles. The molecule has 0 aromatic carbocycles. The number of ether oxygens (including phenoxy) is 3. The second-order valence-corrected chi connectivity index (χ2v) is 12.1. The lowest BCUT2D eigenvalue weighted by molar-refractivity contribution is -0.142. The summed E-state index contributed by atoms with van der Waals surface area (Å²) in [6.07, 6.45) is 5.84. The molecule has 52 heavy (non-hydrogen) atoms.